The van der Waals surface area contributed by atoms with Crippen LogP contribution in [0.15, 0.2) is 47.4 Å². The zero-order chi connectivity index (χ0) is 18.7. The van der Waals surface area contributed by atoms with Crippen LogP contribution in [0.25, 0.3) is 0 Å². The molecule has 2 aromatic rings. The van der Waals surface area contributed by atoms with Crippen molar-refractivity contribution < 1.29 is 14.4 Å². The summed E-state index contributed by atoms with van der Waals surface area (Å²) in [5, 5.41) is 5.52. The van der Waals surface area contributed by atoms with Crippen molar-refractivity contribution in [1.29, 1.82) is 0 Å². The van der Waals surface area contributed by atoms with Gasteiger partial charge in [-0.05, 0) is 36.8 Å². The number of thioether (sulfide) groups is 1. The van der Waals surface area contributed by atoms with Crippen LogP contribution in [0.4, 0.5) is 17.1 Å². The van der Waals surface area contributed by atoms with Crippen molar-refractivity contribution in [2.75, 3.05) is 27.8 Å². The second-order valence-electron chi connectivity index (χ2n) is 6.00. The van der Waals surface area contributed by atoms with Crippen molar-refractivity contribution >= 4 is 46.5 Å². The molecule has 134 valence electrons. The van der Waals surface area contributed by atoms with Crippen LogP contribution in [-0.2, 0) is 14.4 Å². The van der Waals surface area contributed by atoms with Gasteiger partial charge in [-0.2, -0.15) is 0 Å². The molecule has 0 bridgehead atoms. The summed E-state index contributed by atoms with van der Waals surface area (Å²) in [7, 11) is 0. The summed E-state index contributed by atoms with van der Waals surface area (Å²) < 4.78 is 0. The first kappa shape index (κ1) is 18.0. The lowest BCUT2D eigenvalue weighted by molar-refractivity contribution is -0.120. The molecule has 0 fully saturated rings. The first-order chi connectivity index (χ1) is 12.4. The fourth-order valence-electron chi connectivity index (χ4n) is 2.70. The Morgan fingerprint density at radius 3 is 2.69 bits per heavy atom. The van der Waals surface area contributed by atoms with E-state index in [9.17, 15) is 14.4 Å². The molecule has 2 aromatic carbocycles. The average molecular weight is 369 g/mol. The van der Waals surface area contributed by atoms with Crippen molar-refractivity contribution in [3.8, 4) is 0 Å². The highest BCUT2D eigenvalue weighted by Gasteiger charge is 2.26. The lowest BCUT2D eigenvalue weighted by Crippen LogP contribution is -2.41. The summed E-state index contributed by atoms with van der Waals surface area (Å²) in [6, 6.07) is 12.8. The highest BCUT2D eigenvalue weighted by atomic mass is 32.2. The fourth-order valence-corrected chi connectivity index (χ4v) is 3.63. The van der Waals surface area contributed by atoms with E-state index in [4.69, 9.17) is 0 Å². The SMILES string of the molecule is CC(=O)Nc1cc(NC(=O)CN2C(=O)CSc3ccccc32)ccc1C. The Labute approximate surface area is 156 Å². The Morgan fingerprint density at radius 2 is 1.92 bits per heavy atom. The number of hydrogen-bond acceptors (Lipinski definition) is 4. The van der Waals surface area contributed by atoms with Crippen LogP contribution < -0.4 is 15.5 Å². The molecule has 0 aliphatic carbocycles. The molecule has 2 N–H and O–H groups in total. The molecule has 0 aromatic heterocycles. The Morgan fingerprint density at radius 1 is 1.15 bits per heavy atom. The molecule has 6 nitrogen and oxygen atoms in total. The second kappa shape index (κ2) is 7.61. The largest absolute Gasteiger partial charge is 0.326 e. The molecule has 0 unspecified atom stereocenters. The highest BCUT2D eigenvalue weighted by molar-refractivity contribution is 8.00. The van der Waals surface area contributed by atoms with Gasteiger partial charge in [0.2, 0.25) is 17.7 Å². The van der Waals surface area contributed by atoms with Gasteiger partial charge < -0.3 is 15.5 Å². The van der Waals surface area contributed by atoms with E-state index in [0.29, 0.717) is 17.1 Å². The predicted molar refractivity (Wildman–Crippen MR) is 104 cm³/mol. The van der Waals surface area contributed by atoms with Gasteiger partial charge in [-0.1, -0.05) is 18.2 Å². The maximum atomic E-state index is 12.5. The van der Waals surface area contributed by atoms with Crippen molar-refractivity contribution in [1.82, 2.24) is 0 Å². The molecule has 3 rings (SSSR count). The van der Waals surface area contributed by atoms with E-state index < -0.39 is 0 Å². The number of rotatable bonds is 4. The molecule has 0 atom stereocenters. The molecule has 3 amide bonds. The quantitative estimate of drug-likeness (QED) is 0.868. The first-order valence-electron chi connectivity index (χ1n) is 8.14. The first-order valence-corrected chi connectivity index (χ1v) is 9.13. The number of carbonyl (C=O) groups is 3. The maximum absolute atomic E-state index is 12.5. The van der Waals surface area contributed by atoms with Crippen LogP contribution >= 0.6 is 11.8 Å². The topological polar surface area (TPSA) is 78.5 Å². The molecule has 0 saturated heterocycles. The molecule has 0 radical (unpaired) electrons. The molecule has 26 heavy (non-hydrogen) atoms. The molecular formula is C19H19N3O3S. The van der Waals surface area contributed by atoms with Gasteiger partial charge in [-0.15, -0.1) is 11.8 Å². The van der Waals surface area contributed by atoms with E-state index in [2.05, 4.69) is 10.6 Å². The molecule has 1 aliphatic rings. The zero-order valence-electron chi connectivity index (χ0n) is 14.5. The number of anilines is 3. The number of fused-ring (bicyclic) bond motifs is 1. The van der Waals surface area contributed by atoms with Crippen LogP contribution in [0.2, 0.25) is 0 Å². The van der Waals surface area contributed by atoms with Crippen molar-refractivity contribution in [3.05, 3.63) is 48.0 Å². The third-order valence-electron chi connectivity index (χ3n) is 3.94. The predicted octanol–water partition coefficient (Wildman–Crippen LogP) is 3.03. The summed E-state index contributed by atoms with van der Waals surface area (Å²) in [4.78, 5) is 38.5. The lowest BCUT2D eigenvalue weighted by atomic mass is 10.1. The zero-order valence-corrected chi connectivity index (χ0v) is 15.4. The van der Waals surface area contributed by atoms with Gasteiger partial charge in [-0.3, -0.25) is 14.4 Å². The fraction of sp³-hybridized carbons (Fsp3) is 0.211. The standard InChI is InChI=1S/C19H19N3O3S/c1-12-7-8-14(9-15(12)20-13(2)23)21-18(24)10-22-16-5-3-4-6-17(16)26-11-19(22)25/h3-9H,10-11H2,1-2H3,(H,20,23)(H,21,24). The minimum atomic E-state index is -0.294. The smallest absolute Gasteiger partial charge is 0.244 e. The summed E-state index contributed by atoms with van der Waals surface area (Å²) in [5.74, 6) is -0.240. The Bertz CT molecular complexity index is 882. The van der Waals surface area contributed by atoms with E-state index >= 15 is 0 Å². The number of para-hydroxylation sites is 1. The van der Waals surface area contributed by atoms with Crippen LogP contribution in [0.3, 0.4) is 0 Å². The molecular weight excluding hydrogens is 350 g/mol. The van der Waals surface area contributed by atoms with Crippen LogP contribution in [0.5, 0.6) is 0 Å². The summed E-state index contributed by atoms with van der Waals surface area (Å²) >= 11 is 1.48. The van der Waals surface area contributed by atoms with Crippen LogP contribution in [0, 0.1) is 6.92 Å². The normalized spacial score (nSPS) is 13.2. The van der Waals surface area contributed by atoms with E-state index in [0.717, 1.165) is 16.1 Å². The van der Waals surface area contributed by atoms with E-state index in [-0.39, 0.29) is 24.3 Å². The van der Waals surface area contributed by atoms with E-state index in [1.54, 1.807) is 12.1 Å². The molecule has 1 heterocycles. The monoisotopic (exact) mass is 369 g/mol. The third kappa shape index (κ3) is 4.05. The van der Waals surface area contributed by atoms with Gasteiger partial charge in [0, 0.05) is 23.2 Å². The number of nitrogens with one attached hydrogen (secondary N) is 2. The van der Waals surface area contributed by atoms with Gasteiger partial charge in [-0.25, -0.2) is 0 Å². The Balaban J connectivity index is 1.73. The highest BCUT2D eigenvalue weighted by Crippen LogP contribution is 2.34. The van der Waals surface area contributed by atoms with Gasteiger partial charge in [0.05, 0.1) is 11.4 Å². The summed E-state index contributed by atoms with van der Waals surface area (Å²) in [6.07, 6.45) is 0. The molecule has 7 heteroatoms. The lowest BCUT2D eigenvalue weighted by Gasteiger charge is -2.28. The Kier molecular flexibility index (Phi) is 5.27. The summed E-state index contributed by atoms with van der Waals surface area (Å²) in [6.45, 7) is 3.25. The number of carbonyl (C=O) groups excluding carboxylic acids is 3. The van der Waals surface area contributed by atoms with Gasteiger partial charge in [0.1, 0.15) is 6.54 Å². The van der Waals surface area contributed by atoms with Gasteiger partial charge >= 0.3 is 0 Å². The van der Waals surface area contributed by atoms with E-state index in [1.165, 1.54) is 23.6 Å². The average Bonchev–Trinajstić information content (AvgIpc) is 2.60. The minimum Gasteiger partial charge on any atom is -0.326 e. The number of amides is 3. The third-order valence-corrected chi connectivity index (χ3v) is 4.99. The number of nitrogens with zero attached hydrogens (tertiary/aromatic N) is 1. The van der Waals surface area contributed by atoms with Crippen molar-refractivity contribution in [3.63, 3.8) is 0 Å². The molecule has 0 saturated carbocycles. The number of benzene rings is 2. The van der Waals surface area contributed by atoms with Crippen molar-refractivity contribution in [2.45, 2.75) is 18.7 Å². The van der Waals surface area contributed by atoms with Gasteiger partial charge in [0.25, 0.3) is 0 Å². The maximum Gasteiger partial charge on any atom is 0.244 e. The van der Waals surface area contributed by atoms with Crippen molar-refractivity contribution in [2.24, 2.45) is 0 Å². The number of hydrogen-bond donors (Lipinski definition) is 2. The van der Waals surface area contributed by atoms with E-state index in [1.807, 2.05) is 37.3 Å². The minimum absolute atomic E-state index is 0.0558. The summed E-state index contributed by atoms with van der Waals surface area (Å²) in [5.41, 5.74) is 2.87. The molecule has 1 aliphatic heterocycles. The molecule has 0 spiro atoms. The van der Waals surface area contributed by atoms with Crippen LogP contribution in [0.1, 0.15) is 12.5 Å². The van der Waals surface area contributed by atoms with Crippen LogP contribution in [-0.4, -0.2) is 30.0 Å². The second-order valence-corrected chi connectivity index (χ2v) is 7.01. The number of aryl methyl sites for hydroxylation is 1. The Hall–Kier alpha value is -2.80. The van der Waals surface area contributed by atoms with Gasteiger partial charge in [0.15, 0.2) is 0 Å².